The first kappa shape index (κ1) is 19.4. The van der Waals surface area contributed by atoms with E-state index >= 15 is 0 Å². The molecule has 1 saturated heterocycles. The van der Waals surface area contributed by atoms with Crippen LogP contribution in [0.25, 0.3) is 21.9 Å². The summed E-state index contributed by atoms with van der Waals surface area (Å²) >= 11 is 0. The van der Waals surface area contributed by atoms with E-state index in [4.69, 9.17) is 0 Å². The number of benzene rings is 1. The fourth-order valence-electron chi connectivity index (χ4n) is 4.61. The van der Waals surface area contributed by atoms with E-state index < -0.39 is 0 Å². The lowest BCUT2D eigenvalue weighted by Crippen LogP contribution is -2.37. The van der Waals surface area contributed by atoms with Crippen molar-refractivity contribution in [3.8, 4) is 11.1 Å². The molecule has 0 spiro atoms. The molecular formula is C25H30N4O. The minimum absolute atomic E-state index is 0.190. The number of nitrogens with zero attached hydrogens (tertiary/aromatic N) is 4. The molecule has 30 heavy (non-hydrogen) atoms. The van der Waals surface area contributed by atoms with Crippen molar-refractivity contribution in [3.63, 3.8) is 0 Å². The molecule has 2 fully saturated rings. The Morgan fingerprint density at radius 2 is 1.87 bits per heavy atom. The van der Waals surface area contributed by atoms with Crippen LogP contribution in [0.2, 0.25) is 0 Å². The maximum absolute atomic E-state index is 12.9. The van der Waals surface area contributed by atoms with Crippen LogP contribution in [0.1, 0.15) is 50.8 Å². The number of ketones is 1. The van der Waals surface area contributed by atoms with Crippen LogP contribution in [0.15, 0.2) is 42.9 Å². The highest BCUT2D eigenvalue weighted by Crippen LogP contribution is 2.35. The quantitative estimate of drug-likeness (QED) is 0.576. The first-order valence-corrected chi connectivity index (χ1v) is 11.4. The molecule has 2 aromatic heterocycles. The van der Waals surface area contributed by atoms with Gasteiger partial charge in [-0.2, -0.15) is 5.10 Å². The van der Waals surface area contributed by atoms with Crippen LogP contribution in [-0.4, -0.2) is 45.1 Å². The molecule has 0 bridgehead atoms. The highest BCUT2D eigenvalue weighted by molar-refractivity contribution is 5.88. The molecule has 3 heterocycles. The molecule has 1 aliphatic carbocycles. The molecule has 3 aromatic rings. The van der Waals surface area contributed by atoms with Gasteiger partial charge in [-0.25, -0.2) is 0 Å². The van der Waals surface area contributed by atoms with Crippen LogP contribution in [0.3, 0.4) is 0 Å². The van der Waals surface area contributed by atoms with E-state index in [-0.39, 0.29) is 5.92 Å². The SMILES string of the molecule is CCCN1CCC(C(=O)Cc2cc3cc(-c4cnn(C5CC5)c4)ccc3cn2)CC1. The number of pyridine rings is 1. The summed E-state index contributed by atoms with van der Waals surface area (Å²) in [7, 11) is 0. The van der Waals surface area contributed by atoms with Gasteiger partial charge in [0.1, 0.15) is 5.78 Å². The Kier molecular flexibility index (Phi) is 5.38. The third-order valence-corrected chi connectivity index (χ3v) is 6.57. The first-order valence-electron chi connectivity index (χ1n) is 11.4. The molecule has 1 saturated carbocycles. The Hall–Kier alpha value is -2.53. The molecule has 5 nitrogen and oxygen atoms in total. The zero-order valence-corrected chi connectivity index (χ0v) is 17.8. The minimum atomic E-state index is 0.190. The van der Waals surface area contributed by atoms with Crippen molar-refractivity contribution in [2.75, 3.05) is 19.6 Å². The lowest BCUT2D eigenvalue weighted by Gasteiger charge is -2.30. The molecule has 2 aliphatic rings. The highest BCUT2D eigenvalue weighted by atomic mass is 16.1. The van der Waals surface area contributed by atoms with Gasteiger partial charge in [-0.15, -0.1) is 0 Å². The molecule has 0 atom stereocenters. The van der Waals surface area contributed by atoms with Gasteiger partial charge in [0.05, 0.1) is 12.2 Å². The second kappa shape index (κ2) is 8.31. The van der Waals surface area contributed by atoms with Crippen LogP contribution < -0.4 is 0 Å². The normalized spacial score (nSPS) is 18.2. The lowest BCUT2D eigenvalue weighted by molar-refractivity contribution is -0.123. The predicted octanol–water partition coefficient (Wildman–Crippen LogP) is 4.67. The smallest absolute Gasteiger partial charge is 0.142 e. The van der Waals surface area contributed by atoms with Crippen molar-refractivity contribution in [1.82, 2.24) is 19.7 Å². The van der Waals surface area contributed by atoms with Gasteiger partial charge in [0.2, 0.25) is 0 Å². The fourth-order valence-corrected chi connectivity index (χ4v) is 4.61. The number of aromatic nitrogens is 3. The summed E-state index contributed by atoms with van der Waals surface area (Å²) in [5, 5.41) is 6.77. The van der Waals surface area contributed by atoms with E-state index in [2.05, 4.69) is 57.1 Å². The van der Waals surface area contributed by atoms with Crippen LogP contribution in [0, 0.1) is 5.92 Å². The fraction of sp³-hybridized carbons (Fsp3) is 0.480. The molecule has 5 heteroatoms. The van der Waals surface area contributed by atoms with Gasteiger partial charge in [-0.05, 0) is 74.8 Å². The topological polar surface area (TPSA) is 51.0 Å². The van der Waals surface area contributed by atoms with Crippen LogP contribution >= 0.6 is 0 Å². The van der Waals surface area contributed by atoms with Gasteiger partial charge < -0.3 is 4.90 Å². The Balaban J connectivity index is 1.29. The molecule has 1 aliphatic heterocycles. The summed E-state index contributed by atoms with van der Waals surface area (Å²) in [6.07, 6.45) is 12.1. The monoisotopic (exact) mass is 402 g/mol. The number of hydrogen-bond acceptors (Lipinski definition) is 4. The molecule has 0 radical (unpaired) electrons. The number of piperidine rings is 1. The van der Waals surface area contributed by atoms with Crippen molar-refractivity contribution in [2.24, 2.45) is 5.92 Å². The van der Waals surface area contributed by atoms with E-state index in [9.17, 15) is 4.79 Å². The number of hydrogen-bond donors (Lipinski definition) is 0. The van der Waals surface area contributed by atoms with Gasteiger partial charge in [-0.1, -0.05) is 19.1 Å². The van der Waals surface area contributed by atoms with Crippen molar-refractivity contribution >= 4 is 16.6 Å². The molecule has 1 aromatic carbocycles. The Morgan fingerprint density at radius 1 is 1.03 bits per heavy atom. The summed E-state index contributed by atoms with van der Waals surface area (Å²) in [6.45, 7) is 5.46. The summed E-state index contributed by atoms with van der Waals surface area (Å²) in [5.41, 5.74) is 3.20. The standard InChI is InChI=1S/C25H30N4O/c1-2-9-28-10-7-18(8-11-28)25(30)14-23-13-21-12-19(3-4-20(21)15-26-23)22-16-27-29(17-22)24-5-6-24/h3-4,12-13,15-18,24H,2,5-11,14H2,1H3. The van der Waals surface area contributed by atoms with Crippen molar-refractivity contribution in [1.29, 1.82) is 0 Å². The Morgan fingerprint density at radius 3 is 2.63 bits per heavy atom. The predicted molar refractivity (Wildman–Crippen MR) is 119 cm³/mol. The average molecular weight is 403 g/mol. The second-order valence-electron chi connectivity index (χ2n) is 8.94. The van der Waals surface area contributed by atoms with Crippen LogP contribution in [-0.2, 0) is 11.2 Å². The van der Waals surface area contributed by atoms with Gasteiger partial charge in [-0.3, -0.25) is 14.5 Å². The maximum atomic E-state index is 12.9. The van der Waals surface area contributed by atoms with Gasteiger partial charge >= 0.3 is 0 Å². The summed E-state index contributed by atoms with van der Waals surface area (Å²) in [4.78, 5) is 19.9. The highest BCUT2D eigenvalue weighted by Gasteiger charge is 2.25. The Bertz CT molecular complexity index is 1040. The third kappa shape index (κ3) is 4.17. The molecule has 5 rings (SSSR count). The maximum Gasteiger partial charge on any atom is 0.142 e. The number of Topliss-reactive ketones (excluding diaryl/α,β-unsaturated/α-hetero) is 1. The molecule has 156 valence electrons. The molecule has 0 N–H and O–H groups in total. The average Bonchev–Trinajstić information content (AvgIpc) is 3.50. The molecule has 0 unspecified atom stereocenters. The third-order valence-electron chi connectivity index (χ3n) is 6.57. The number of fused-ring (bicyclic) bond motifs is 1. The van der Waals surface area contributed by atoms with Crippen molar-refractivity contribution < 1.29 is 4.79 Å². The van der Waals surface area contributed by atoms with Crippen molar-refractivity contribution in [2.45, 2.75) is 51.5 Å². The summed E-state index contributed by atoms with van der Waals surface area (Å²) < 4.78 is 2.09. The van der Waals surface area contributed by atoms with E-state index in [0.29, 0.717) is 18.2 Å². The van der Waals surface area contributed by atoms with Gasteiger partial charge in [0.25, 0.3) is 0 Å². The number of carbonyl (C=O) groups excluding carboxylic acids is 1. The van der Waals surface area contributed by atoms with Crippen LogP contribution in [0.5, 0.6) is 0 Å². The van der Waals surface area contributed by atoms with E-state index in [1.807, 2.05) is 12.4 Å². The van der Waals surface area contributed by atoms with E-state index in [0.717, 1.165) is 54.5 Å². The number of carbonyl (C=O) groups is 1. The Labute approximate surface area is 178 Å². The molecular weight excluding hydrogens is 372 g/mol. The first-order chi connectivity index (χ1) is 14.7. The molecule has 0 amide bonds. The van der Waals surface area contributed by atoms with E-state index in [1.165, 1.54) is 24.8 Å². The van der Waals surface area contributed by atoms with Crippen LogP contribution in [0.4, 0.5) is 0 Å². The zero-order valence-electron chi connectivity index (χ0n) is 17.8. The number of likely N-dealkylation sites (tertiary alicyclic amines) is 1. The summed E-state index contributed by atoms with van der Waals surface area (Å²) in [6, 6.07) is 9.13. The number of rotatable bonds is 7. The summed E-state index contributed by atoms with van der Waals surface area (Å²) in [5.74, 6) is 0.537. The minimum Gasteiger partial charge on any atom is -0.303 e. The largest absolute Gasteiger partial charge is 0.303 e. The lowest BCUT2D eigenvalue weighted by atomic mass is 9.90. The van der Waals surface area contributed by atoms with Gasteiger partial charge in [0, 0.05) is 41.4 Å². The van der Waals surface area contributed by atoms with Gasteiger partial charge in [0.15, 0.2) is 0 Å². The second-order valence-corrected chi connectivity index (χ2v) is 8.94. The zero-order chi connectivity index (χ0) is 20.5. The van der Waals surface area contributed by atoms with E-state index in [1.54, 1.807) is 0 Å². The van der Waals surface area contributed by atoms with Crippen molar-refractivity contribution in [3.05, 3.63) is 48.5 Å².